The fourth-order valence-corrected chi connectivity index (χ4v) is 2.57. The van der Waals surface area contributed by atoms with Gasteiger partial charge in [-0.2, -0.15) is 0 Å². The van der Waals surface area contributed by atoms with Gasteiger partial charge in [0, 0.05) is 19.6 Å². The predicted octanol–water partition coefficient (Wildman–Crippen LogP) is 2.02. The Balaban J connectivity index is 2.70. The van der Waals surface area contributed by atoms with Gasteiger partial charge in [-0.05, 0) is 32.2 Å². The van der Waals surface area contributed by atoms with Crippen LogP contribution in [-0.4, -0.2) is 37.0 Å². The Labute approximate surface area is 99.6 Å². The van der Waals surface area contributed by atoms with E-state index >= 15 is 0 Å². The van der Waals surface area contributed by atoms with E-state index in [-0.39, 0.29) is 5.41 Å². The molecular weight excluding hydrogens is 200 g/mol. The Morgan fingerprint density at radius 1 is 1.25 bits per heavy atom. The highest BCUT2D eigenvalue weighted by Gasteiger charge is 2.41. The summed E-state index contributed by atoms with van der Waals surface area (Å²) in [6.07, 6.45) is 4.08. The number of carbonyl (C=O) groups is 1. The molecule has 1 amide bonds. The summed E-state index contributed by atoms with van der Waals surface area (Å²) < 4.78 is 0. The molecule has 3 nitrogen and oxygen atoms in total. The minimum absolute atomic E-state index is 0.107. The monoisotopic (exact) mass is 226 g/mol. The van der Waals surface area contributed by atoms with Crippen molar-refractivity contribution in [3.63, 3.8) is 0 Å². The van der Waals surface area contributed by atoms with Crippen molar-refractivity contribution in [2.75, 3.05) is 26.2 Å². The lowest BCUT2D eigenvalue weighted by atomic mass is 9.82. The molecule has 0 aromatic carbocycles. The Morgan fingerprint density at radius 3 is 2.25 bits per heavy atom. The van der Waals surface area contributed by atoms with Crippen molar-refractivity contribution in [3.05, 3.63) is 0 Å². The first-order valence-corrected chi connectivity index (χ1v) is 6.70. The maximum absolute atomic E-state index is 12.6. The van der Waals surface area contributed by atoms with Crippen molar-refractivity contribution in [1.29, 1.82) is 0 Å². The van der Waals surface area contributed by atoms with E-state index < -0.39 is 0 Å². The van der Waals surface area contributed by atoms with Crippen LogP contribution in [-0.2, 0) is 4.79 Å². The van der Waals surface area contributed by atoms with Crippen LogP contribution in [0.1, 0.15) is 46.5 Å². The summed E-state index contributed by atoms with van der Waals surface area (Å²) in [6, 6.07) is 0. The van der Waals surface area contributed by atoms with E-state index in [2.05, 4.69) is 31.0 Å². The molecule has 0 aromatic heterocycles. The standard InChI is InChI=1S/C13H26N2O/c1-4-9-15(10-5-2)12(16)13(6-3)7-8-14-11-13/h14H,4-11H2,1-3H3. The summed E-state index contributed by atoms with van der Waals surface area (Å²) in [6.45, 7) is 10.1. The minimum Gasteiger partial charge on any atom is -0.342 e. The minimum atomic E-state index is -0.107. The van der Waals surface area contributed by atoms with Gasteiger partial charge in [-0.25, -0.2) is 0 Å². The number of hydrogen-bond donors (Lipinski definition) is 1. The van der Waals surface area contributed by atoms with Crippen molar-refractivity contribution in [2.45, 2.75) is 46.5 Å². The zero-order chi connectivity index (χ0) is 12.0. The Morgan fingerprint density at radius 2 is 1.88 bits per heavy atom. The number of rotatable bonds is 6. The first kappa shape index (κ1) is 13.5. The zero-order valence-electron chi connectivity index (χ0n) is 11.0. The van der Waals surface area contributed by atoms with Gasteiger partial charge in [0.1, 0.15) is 0 Å². The maximum Gasteiger partial charge on any atom is 0.230 e. The smallest absolute Gasteiger partial charge is 0.230 e. The topological polar surface area (TPSA) is 32.3 Å². The van der Waals surface area contributed by atoms with Crippen molar-refractivity contribution in [1.82, 2.24) is 10.2 Å². The predicted molar refractivity (Wildman–Crippen MR) is 67.4 cm³/mol. The third kappa shape index (κ3) is 2.76. The molecule has 0 bridgehead atoms. The highest BCUT2D eigenvalue weighted by molar-refractivity contribution is 5.83. The van der Waals surface area contributed by atoms with Gasteiger partial charge in [0.2, 0.25) is 5.91 Å². The molecular formula is C13H26N2O. The first-order valence-electron chi connectivity index (χ1n) is 6.70. The number of carbonyl (C=O) groups excluding carboxylic acids is 1. The van der Waals surface area contributed by atoms with Crippen LogP contribution >= 0.6 is 0 Å². The molecule has 1 aliphatic rings. The molecule has 3 heteroatoms. The van der Waals surface area contributed by atoms with Gasteiger partial charge in [0.25, 0.3) is 0 Å². The highest BCUT2D eigenvalue weighted by Crippen LogP contribution is 2.31. The summed E-state index contributed by atoms with van der Waals surface area (Å²) >= 11 is 0. The first-order chi connectivity index (χ1) is 7.70. The third-order valence-electron chi connectivity index (χ3n) is 3.65. The fourth-order valence-electron chi connectivity index (χ4n) is 2.57. The zero-order valence-corrected chi connectivity index (χ0v) is 11.0. The van der Waals surface area contributed by atoms with Crippen LogP contribution in [0.2, 0.25) is 0 Å². The van der Waals surface area contributed by atoms with Crippen LogP contribution in [0, 0.1) is 5.41 Å². The molecule has 1 saturated heterocycles. The van der Waals surface area contributed by atoms with Crippen LogP contribution in [0.4, 0.5) is 0 Å². The molecule has 1 atom stereocenters. The summed E-state index contributed by atoms with van der Waals surface area (Å²) in [5.74, 6) is 0.378. The molecule has 1 rings (SSSR count). The van der Waals surface area contributed by atoms with E-state index in [0.717, 1.165) is 51.9 Å². The van der Waals surface area contributed by atoms with Gasteiger partial charge < -0.3 is 10.2 Å². The van der Waals surface area contributed by atoms with Gasteiger partial charge in [-0.3, -0.25) is 4.79 Å². The molecule has 0 aliphatic carbocycles. The maximum atomic E-state index is 12.6. The second-order valence-electron chi connectivity index (χ2n) is 4.85. The van der Waals surface area contributed by atoms with E-state index in [1.807, 2.05) is 0 Å². The number of nitrogens with one attached hydrogen (secondary N) is 1. The molecule has 1 N–H and O–H groups in total. The lowest BCUT2D eigenvalue weighted by Gasteiger charge is -2.33. The van der Waals surface area contributed by atoms with Crippen LogP contribution in [0.25, 0.3) is 0 Å². The quantitative estimate of drug-likeness (QED) is 0.751. The average molecular weight is 226 g/mol. The SMILES string of the molecule is CCCN(CCC)C(=O)C1(CC)CCNC1. The van der Waals surface area contributed by atoms with Gasteiger partial charge in [0.05, 0.1) is 5.41 Å². The average Bonchev–Trinajstić information content (AvgIpc) is 2.77. The molecule has 1 heterocycles. The van der Waals surface area contributed by atoms with Crippen LogP contribution in [0.3, 0.4) is 0 Å². The lowest BCUT2D eigenvalue weighted by Crippen LogP contribution is -2.45. The van der Waals surface area contributed by atoms with E-state index in [4.69, 9.17) is 0 Å². The Hall–Kier alpha value is -0.570. The number of amides is 1. The molecule has 1 fully saturated rings. The molecule has 0 spiro atoms. The van der Waals surface area contributed by atoms with E-state index in [1.165, 1.54) is 0 Å². The van der Waals surface area contributed by atoms with Crippen molar-refractivity contribution in [3.8, 4) is 0 Å². The highest BCUT2D eigenvalue weighted by atomic mass is 16.2. The summed E-state index contributed by atoms with van der Waals surface area (Å²) in [5, 5.41) is 3.34. The molecule has 0 saturated carbocycles. The fraction of sp³-hybridized carbons (Fsp3) is 0.923. The second-order valence-corrected chi connectivity index (χ2v) is 4.85. The van der Waals surface area contributed by atoms with Crippen LogP contribution in [0.15, 0.2) is 0 Å². The third-order valence-corrected chi connectivity index (χ3v) is 3.65. The lowest BCUT2D eigenvalue weighted by molar-refractivity contribution is -0.141. The number of hydrogen-bond acceptors (Lipinski definition) is 2. The Kier molecular flexibility index (Phi) is 5.26. The summed E-state index contributed by atoms with van der Waals surface area (Å²) in [7, 11) is 0. The molecule has 16 heavy (non-hydrogen) atoms. The molecule has 1 unspecified atom stereocenters. The molecule has 1 aliphatic heterocycles. The number of nitrogens with zero attached hydrogens (tertiary/aromatic N) is 1. The van der Waals surface area contributed by atoms with Crippen LogP contribution < -0.4 is 5.32 Å². The van der Waals surface area contributed by atoms with Crippen LogP contribution in [0.5, 0.6) is 0 Å². The molecule has 0 radical (unpaired) electrons. The normalized spacial score (nSPS) is 24.7. The van der Waals surface area contributed by atoms with E-state index in [0.29, 0.717) is 5.91 Å². The largest absolute Gasteiger partial charge is 0.342 e. The van der Waals surface area contributed by atoms with E-state index in [1.54, 1.807) is 0 Å². The van der Waals surface area contributed by atoms with Gasteiger partial charge in [-0.1, -0.05) is 20.8 Å². The van der Waals surface area contributed by atoms with Gasteiger partial charge >= 0.3 is 0 Å². The Bertz CT molecular complexity index is 216. The van der Waals surface area contributed by atoms with Crippen molar-refractivity contribution in [2.24, 2.45) is 5.41 Å². The molecule has 0 aromatic rings. The van der Waals surface area contributed by atoms with Crippen molar-refractivity contribution >= 4 is 5.91 Å². The second kappa shape index (κ2) is 6.24. The molecule has 94 valence electrons. The summed E-state index contributed by atoms with van der Waals surface area (Å²) in [4.78, 5) is 14.6. The van der Waals surface area contributed by atoms with Gasteiger partial charge in [0.15, 0.2) is 0 Å². The van der Waals surface area contributed by atoms with Crippen molar-refractivity contribution < 1.29 is 4.79 Å². The van der Waals surface area contributed by atoms with E-state index in [9.17, 15) is 4.79 Å². The van der Waals surface area contributed by atoms with Gasteiger partial charge in [-0.15, -0.1) is 0 Å². The summed E-state index contributed by atoms with van der Waals surface area (Å²) in [5.41, 5.74) is -0.107.